The lowest BCUT2D eigenvalue weighted by Gasteiger charge is -2.37. The van der Waals surface area contributed by atoms with Gasteiger partial charge in [-0.15, -0.1) is 0 Å². The number of anilines is 1. The van der Waals surface area contributed by atoms with Gasteiger partial charge in [0.2, 0.25) is 5.91 Å². The normalized spacial score (nSPS) is 21.9. The number of carbonyl (C=O) groups is 1. The summed E-state index contributed by atoms with van der Waals surface area (Å²) in [5.41, 5.74) is 6.66. The van der Waals surface area contributed by atoms with Gasteiger partial charge in [0.15, 0.2) is 0 Å². The van der Waals surface area contributed by atoms with Gasteiger partial charge >= 0.3 is 0 Å². The van der Waals surface area contributed by atoms with Gasteiger partial charge in [-0.3, -0.25) is 9.78 Å². The van der Waals surface area contributed by atoms with Crippen LogP contribution in [-0.4, -0.2) is 36.2 Å². The van der Waals surface area contributed by atoms with Crippen molar-refractivity contribution in [2.24, 2.45) is 5.92 Å². The Balaban J connectivity index is 1.66. The van der Waals surface area contributed by atoms with Crippen molar-refractivity contribution in [2.45, 2.75) is 59.3 Å². The van der Waals surface area contributed by atoms with Crippen molar-refractivity contribution in [3.05, 3.63) is 47.3 Å². The number of amides is 1. The van der Waals surface area contributed by atoms with Gasteiger partial charge in [-0.2, -0.15) is 0 Å². The molecule has 2 fully saturated rings. The van der Waals surface area contributed by atoms with Gasteiger partial charge in [0.05, 0.1) is 12.2 Å². The van der Waals surface area contributed by atoms with E-state index in [4.69, 9.17) is 4.74 Å². The molecule has 2 aromatic rings. The van der Waals surface area contributed by atoms with Gasteiger partial charge in [0, 0.05) is 42.6 Å². The third kappa shape index (κ3) is 4.78. The van der Waals surface area contributed by atoms with Crippen LogP contribution in [0.2, 0.25) is 0 Å². The SMILES string of the molecule is Cc1cc(-c2ccc(N3C[C@@H](C)O[C@@H](C)C3)cc2CNC(=O)C2CC2)cc(C)n1. The van der Waals surface area contributed by atoms with E-state index in [1.165, 1.54) is 5.69 Å². The zero-order valence-corrected chi connectivity index (χ0v) is 17.9. The van der Waals surface area contributed by atoms with E-state index in [9.17, 15) is 4.79 Å². The van der Waals surface area contributed by atoms with Crippen LogP contribution in [-0.2, 0) is 16.1 Å². The molecule has 2 heterocycles. The molecule has 5 heteroatoms. The topological polar surface area (TPSA) is 54.5 Å². The smallest absolute Gasteiger partial charge is 0.223 e. The molecule has 1 N–H and O–H groups in total. The molecule has 2 aliphatic rings. The Morgan fingerprint density at radius 3 is 2.38 bits per heavy atom. The Morgan fingerprint density at radius 2 is 1.76 bits per heavy atom. The second-order valence-electron chi connectivity index (χ2n) is 8.63. The van der Waals surface area contributed by atoms with Crippen molar-refractivity contribution in [1.29, 1.82) is 0 Å². The monoisotopic (exact) mass is 393 g/mol. The molecule has 154 valence electrons. The number of rotatable bonds is 5. The fraction of sp³-hybridized carbons (Fsp3) is 0.500. The lowest BCUT2D eigenvalue weighted by atomic mass is 9.97. The van der Waals surface area contributed by atoms with Crippen LogP contribution in [0.1, 0.15) is 43.6 Å². The summed E-state index contributed by atoms with van der Waals surface area (Å²) in [5.74, 6) is 0.394. The van der Waals surface area contributed by atoms with Crippen LogP contribution >= 0.6 is 0 Å². The predicted octanol–water partition coefficient (Wildman–Crippen LogP) is 4.01. The van der Waals surface area contributed by atoms with E-state index < -0.39 is 0 Å². The van der Waals surface area contributed by atoms with Crippen molar-refractivity contribution in [1.82, 2.24) is 10.3 Å². The lowest BCUT2D eigenvalue weighted by Crippen LogP contribution is -2.45. The first kappa shape index (κ1) is 19.9. The number of morpholine rings is 1. The number of pyridine rings is 1. The Morgan fingerprint density at radius 1 is 1.10 bits per heavy atom. The highest BCUT2D eigenvalue weighted by atomic mass is 16.5. The molecule has 1 saturated carbocycles. The molecule has 1 amide bonds. The van der Waals surface area contributed by atoms with E-state index in [1.807, 2.05) is 13.8 Å². The molecule has 0 bridgehead atoms. The Hall–Kier alpha value is -2.40. The zero-order chi connectivity index (χ0) is 20.5. The number of nitrogens with zero attached hydrogens (tertiary/aromatic N) is 2. The molecule has 4 rings (SSSR count). The highest BCUT2D eigenvalue weighted by molar-refractivity contribution is 5.81. The first-order valence-electron chi connectivity index (χ1n) is 10.7. The number of aromatic nitrogens is 1. The third-order valence-electron chi connectivity index (χ3n) is 5.67. The standard InChI is InChI=1S/C24H31N3O2/c1-15-9-20(10-16(2)26-15)23-8-7-22(27-13-17(3)29-18(4)14-27)11-21(23)12-25-24(28)19-5-6-19/h7-11,17-19H,5-6,12-14H2,1-4H3,(H,25,28)/t17-,18+. The van der Waals surface area contributed by atoms with E-state index >= 15 is 0 Å². The van der Waals surface area contributed by atoms with Crippen LogP contribution in [0.4, 0.5) is 5.69 Å². The van der Waals surface area contributed by atoms with Gasteiger partial charge in [-0.1, -0.05) is 6.07 Å². The molecule has 1 aromatic carbocycles. The number of benzene rings is 1. The molecule has 5 nitrogen and oxygen atoms in total. The van der Waals surface area contributed by atoms with Crippen molar-refractivity contribution < 1.29 is 9.53 Å². The maximum Gasteiger partial charge on any atom is 0.223 e. The van der Waals surface area contributed by atoms with Gasteiger partial charge in [0.25, 0.3) is 0 Å². The summed E-state index contributed by atoms with van der Waals surface area (Å²) in [6.45, 7) is 10.6. The molecule has 0 radical (unpaired) electrons. The molecule has 0 unspecified atom stereocenters. The predicted molar refractivity (Wildman–Crippen MR) is 116 cm³/mol. The molecule has 0 spiro atoms. The maximum atomic E-state index is 12.3. The molecular formula is C24H31N3O2. The van der Waals surface area contributed by atoms with Crippen LogP contribution in [0.3, 0.4) is 0 Å². The summed E-state index contributed by atoms with van der Waals surface area (Å²) in [7, 11) is 0. The molecular weight excluding hydrogens is 362 g/mol. The zero-order valence-electron chi connectivity index (χ0n) is 17.9. The van der Waals surface area contributed by atoms with Crippen molar-refractivity contribution in [3.63, 3.8) is 0 Å². The molecule has 1 aliphatic carbocycles. The second kappa shape index (κ2) is 8.15. The summed E-state index contributed by atoms with van der Waals surface area (Å²) in [4.78, 5) is 19.2. The molecule has 1 aliphatic heterocycles. The maximum absolute atomic E-state index is 12.3. The van der Waals surface area contributed by atoms with E-state index in [0.717, 1.165) is 54.0 Å². The largest absolute Gasteiger partial charge is 0.372 e. The van der Waals surface area contributed by atoms with Gasteiger partial charge in [-0.25, -0.2) is 0 Å². The van der Waals surface area contributed by atoms with Crippen LogP contribution in [0.15, 0.2) is 30.3 Å². The van der Waals surface area contributed by atoms with Crippen LogP contribution in [0.25, 0.3) is 11.1 Å². The number of hydrogen-bond donors (Lipinski definition) is 1. The fourth-order valence-electron chi connectivity index (χ4n) is 4.26. The van der Waals surface area contributed by atoms with Crippen LogP contribution in [0.5, 0.6) is 0 Å². The summed E-state index contributed by atoms with van der Waals surface area (Å²) < 4.78 is 5.89. The fourth-order valence-corrected chi connectivity index (χ4v) is 4.26. The van der Waals surface area contributed by atoms with Gasteiger partial charge < -0.3 is 15.0 Å². The minimum absolute atomic E-state index is 0.178. The van der Waals surface area contributed by atoms with Crippen LogP contribution < -0.4 is 10.2 Å². The molecule has 1 aromatic heterocycles. The average Bonchev–Trinajstić information content (AvgIpc) is 3.49. The molecule has 29 heavy (non-hydrogen) atoms. The highest BCUT2D eigenvalue weighted by Gasteiger charge is 2.29. The minimum Gasteiger partial charge on any atom is -0.372 e. The van der Waals surface area contributed by atoms with E-state index in [2.05, 4.69) is 59.4 Å². The van der Waals surface area contributed by atoms with Gasteiger partial charge in [-0.05, 0) is 81.5 Å². The summed E-state index contributed by atoms with van der Waals surface area (Å²) in [5, 5.41) is 3.15. The van der Waals surface area contributed by atoms with Crippen molar-refractivity contribution in [2.75, 3.05) is 18.0 Å². The van der Waals surface area contributed by atoms with E-state index in [-0.39, 0.29) is 24.0 Å². The van der Waals surface area contributed by atoms with E-state index in [0.29, 0.717) is 6.54 Å². The summed E-state index contributed by atoms with van der Waals surface area (Å²) in [6, 6.07) is 10.9. The minimum atomic E-state index is 0.178. The second-order valence-corrected chi connectivity index (χ2v) is 8.63. The van der Waals surface area contributed by atoms with Gasteiger partial charge in [0.1, 0.15) is 0 Å². The number of ether oxygens (including phenoxy) is 1. The number of aryl methyl sites for hydroxylation is 2. The van der Waals surface area contributed by atoms with Crippen molar-refractivity contribution in [3.8, 4) is 11.1 Å². The Bertz CT molecular complexity index is 877. The number of nitrogens with one attached hydrogen (secondary N) is 1. The third-order valence-corrected chi connectivity index (χ3v) is 5.67. The first-order valence-corrected chi connectivity index (χ1v) is 10.7. The first-order chi connectivity index (χ1) is 13.9. The lowest BCUT2D eigenvalue weighted by molar-refractivity contribution is -0.122. The highest BCUT2D eigenvalue weighted by Crippen LogP contribution is 2.32. The quantitative estimate of drug-likeness (QED) is 0.834. The molecule has 2 atom stereocenters. The summed E-state index contributed by atoms with van der Waals surface area (Å²) >= 11 is 0. The molecule has 1 saturated heterocycles. The number of carbonyl (C=O) groups excluding carboxylic acids is 1. The number of hydrogen-bond acceptors (Lipinski definition) is 4. The van der Waals surface area contributed by atoms with E-state index in [1.54, 1.807) is 0 Å². The Labute approximate surface area is 173 Å². The average molecular weight is 394 g/mol. The van der Waals surface area contributed by atoms with Crippen molar-refractivity contribution >= 4 is 11.6 Å². The van der Waals surface area contributed by atoms with Crippen LogP contribution in [0, 0.1) is 19.8 Å². The summed E-state index contributed by atoms with van der Waals surface area (Å²) in [6.07, 6.45) is 2.46. The Kier molecular flexibility index (Phi) is 5.59.